The molecule has 0 aromatic rings. The number of hydrogen-bond donors (Lipinski definition) is 1. The molecule has 0 aromatic heterocycles. The third kappa shape index (κ3) is 2.23. The van der Waals surface area contributed by atoms with Crippen molar-refractivity contribution < 1.29 is 9.53 Å². The van der Waals surface area contributed by atoms with Gasteiger partial charge in [-0.15, -0.1) is 0 Å². The van der Waals surface area contributed by atoms with Crippen molar-refractivity contribution in [3.8, 4) is 0 Å². The summed E-state index contributed by atoms with van der Waals surface area (Å²) in [6.45, 7) is 2.19. The first kappa shape index (κ1) is 9.89. The molecule has 15 heavy (non-hydrogen) atoms. The first-order valence-corrected chi connectivity index (χ1v) is 4.98. The predicted octanol–water partition coefficient (Wildman–Crippen LogP) is 0.277. The number of ether oxygens (including phenoxy) is 1. The van der Waals surface area contributed by atoms with Gasteiger partial charge in [-0.2, -0.15) is 0 Å². The maximum Gasteiger partial charge on any atom is 0.313 e. The van der Waals surface area contributed by atoms with Crippen molar-refractivity contribution in [3.05, 3.63) is 12.2 Å². The van der Waals surface area contributed by atoms with Crippen LogP contribution in [0.25, 0.3) is 0 Å². The average molecular weight is 207 g/mol. The molecule has 2 aliphatic rings. The number of carbonyl (C=O) groups excluding carboxylic acids is 1. The van der Waals surface area contributed by atoms with Crippen LogP contribution in [-0.4, -0.2) is 36.8 Å². The van der Waals surface area contributed by atoms with E-state index in [1.165, 1.54) is 0 Å². The molecule has 0 spiro atoms. The van der Waals surface area contributed by atoms with Crippen LogP contribution in [0.1, 0.15) is 13.3 Å². The molecule has 0 fully saturated rings. The fourth-order valence-corrected chi connectivity index (χ4v) is 1.57. The summed E-state index contributed by atoms with van der Waals surface area (Å²) in [4.78, 5) is 19.7. The Bertz CT molecular complexity index is 347. The Morgan fingerprint density at radius 2 is 2.53 bits per heavy atom. The van der Waals surface area contributed by atoms with Crippen LogP contribution in [0.2, 0.25) is 0 Å². The van der Waals surface area contributed by atoms with Crippen LogP contribution in [0.4, 0.5) is 0 Å². The number of esters is 1. The Balaban J connectivity index is 1.93. The molecule has 0 aliphatic carbocycles. The van der Waals surface area contributed by atoms with Gasteiger partial charge >= 0.3 is 5.97 Å². The first-order valence-electron chi connectivity index (χ1n) is 4.98. The van der Waals surface area contributed by atoms with Crippen LogP contribution in [0.15, 0.2) is 22.1 Å². The topological polar surface area (TPSA) is 63.0 Å². The Morgan fingerprint density at radius 1 is 1.67 bits per heavy atom. The summed E-state index contributed by atoms with van der Waals surface area (Å²) >= 11 is 0. The number of aliphatic imine (C=N–C) groups is 2. The molecule has 0 radical (unpaired) electrons. The quantitative estimate of drug-likeness (QED) is 0.676. The van der Waals surface area contributed by atoms with Crippen molar-refractivity contribution in [2.24, 2.45) is 9.98 Å². The predicted molar refractivity (Wildman–Crippen MR) is 57.0 cm³/mol. The Morgan fingerprint density at radius 3 is 3.27 bits per heavy atom. The molecule has 2 rings (SSSR count). The van der Waals surface area contributed by atoms with E-state index in [-0.39, 0.29) is 24.6 Å². The first-order chi connectivity index (χ1) is 7.29. The Labute approximate surface area is 87.9 Å². The molecule has 0 bridgehead atoms. The summed E-state index contributed by atoms with van der Waals surface area (Å²) in [5.74, 6) is 0.405. The molecular weight excluding hydrogens is 194 g/mol. The smallest absolute Gasteiger partial charge is 0.313 e. The van der Waals surface area contributed by atoms with Crippen LogP contribution >= 0.6 is 0 Å². The lowest BCUT2D eigenvalue weighted by molar-refractivity contribution is -0.141. The van der Waals surface area contributed by atoms with E-state index in [2.05, 4.69) is 15.3 Å². The summed E-state index contributed by atoms with van der Waals surface area (Å²) in [6.07, 6.45) is 5.67. The second kappa shape index (κ2) is 4.25. The van der Waals surface area contributed by atoms with Crippen molar-refractivity contribution in [1.82, 2.24) is 5.32 Å². The van der Waals surface area contributed by atoms with Gasteiger partial charge < -0.3 is 10.1 Å². The maximum absolute atomic E-state index is 11.2. The molecule has 2 atom stereocenters. The van der Waals surface area contributed by atoms with Crippen LogP contribution in [-0.2, 0) is 9.53 Å². The molecule has 1 N–H and O–H groups in total. The molecule has 0 saturated heterocycles. The highest BCUT2D eigenvalue weighted by Gasteiger charge is 2.27. The fourth-order valence-electron chi connectivity index (χ4n) is 1.57. The number of rotatable bonds is 3. The molecule has 2 aliphatic heterocycles. The van der Waals surface area contributed by atoms with E-state index in [0.29, 0.717) is 12.4 Å². The number of carbonyl (C=O) groups is 1. The summed E-state index contributed by atoms with van der Waals surface area (Å²) in [6, 6.07) is 0.0967. The normalized spacial score (nSPS) is 26.9. The standard InChI is InChI=1S/C10H13N3O2/c1-2-15-9(14)6-8-12-7-4-3-5-11-10(7)13-8/h3-5,7,10H,2,6H2,1H3,(H,12,13). The van der Waals surface area contributed by atoms with Gasteiger partial charge in [0.15, 0.2) is 6.17 Å². The average Bonchev–Trinajstić information content (AvgIpc) is 2.59. The lowest BCUT2D eigenvalue weighted by atomic mass is 10.2. The van der Waals surface area contributed by atoms with E-state index in [9.17, 15) is 4.79 Å². The molecule has 2 heterocycles. The number of fused-ring (bicyclic) bond motifs is 1. The van der Waals surface area contributed by atoms with Gasteiger partial charge in [-0.25, -0.2) is 4.99 Å². The second-order valence-electron chi connectivity index (χ2n) is 3.32. The van der Waals surface area contributed by atoms with E-state index in [0.717, 1.165) is 0 Å². The molecule has 80 valence electrons. The van der Waals surface area contributed by atoms with Crippen molar-refractivity contribution in [3.63, 3.8) is 0 Å². The summed E-state index contributed by atoms with van der Waals surface area (Å²) in [5.41, 5.74) is 0. The minimum atomic E-state index is -0.254. The lowest BCUT2D eigenvalue weighted by Crippen LogP contribution is -2.34. The highest BCUT2D eigenvalue weighted by molar-refractivity contribution is 5.99. The molecule has 5 heteroatoms. The van der Waals surface area contributed by atoms with E-state index < -0.39 is 0 Å². The Kier molecular flexibility index (Phi) is 2.80. The van der Waals surface area contributed by atoms with Crippen LogP contribution in [0.3, 0.4) is 0 Å². The summed E-state index contributed by atoms with van der Waals surface area (Å²) in [7, 11) is 0. The van der Waals surface area contributed by atoms with Crippen LogP contribution < -0.4 is 5.32 Å². The maximum atomic E-state index is 11.2. The summed E-state index contributed by atoms with van der Waals surface area (Å²) < 4.78 is 4.84. The van der Waals surface area contributed by atoms with Gasteiger partial charge in [0.25, 0.3) is 0 Å². The zero-order valence-electron chi connectivity index (χ0n) is 8.51. The number of allylic oxidation sites excluding steroid dienone is 1. The third-order valence-corrected chi connectivity index (χ3v) is 2.20. The second-order valence-corrected chi connectivity index (χ2v) is 3.32. The lowest BCUT2D eigenvalue weighted by Gasteiger charge is -2.12. The molecule has 0 saturated carbocycles. The van der Waals surface area contributed by atoms with Crippen molar-refractivity contribution in [2.45, 2.75) is 25.6 Å². The molecule has 0 amide bonds. The summed E-state index contributed by atoms with van der Waals surface area (Å²) in [5, 5.41) is 3.13. The fraction of sp³-hybridized carbons (Fsp3) is 0.500. The van der Waals surface area contributed by atoms with Crippen molar-refractivity contribution in [2.75, 3.05) is 6.61 Å². The number of dihydropyridines is 1. The number of nitrogens with zero attached hydrogens (tertiary/aromatic N) is 2. The van der Waals surface area contributed by atoms with Gasteiger partial charge in [-0.3, -0.25) is 9.79 Å². The zero-order chi connectivity index (χ0) is 10.7. The van der Waals surface area contributed by atoms with Crippen molar-refractivity contribution >= 4 is 18.0 Å². The zero-order valence-corrected chi connectivity index (χ0v) is 8.51. The minimum absolute atomic E-state index is 0.0967. The number of hydrogen-bond acceptors (Lipinski definition) is 5. The van der Waals surface area contributed by atoms with Gasteiger partial charge in [0.2, 0.25) is 0 Å². The van der Waals surface area contributed by atoms with E-state index in [1.807, 2.05) is 12.2 Å². The van der Waals surface area contributed by atoms with E-state index >= 15 is 0 Å². The van der Waals surface area contributed by atoms with Crippen molar-refractivity contribution in [1.29, 1.82) is 0 Å². The molecule has 5 nitrogen and oxygen atoms in total. The van der Waals surface area contributed by atoms with Crippen LogP contribution in [0.5, 0.6) is 0 Å². The van der Waals surface area contributed by atoms with Gasteiger partial charge in [-0.1, -0.05) is 6.08 Å². The molecule has 0 aromatic carbocycles. The van der Waals surface area contributed by atoms with Gasteiger partial charge in [0, 0.05) is 6.21 Å². The van der Waals surface area contributed by atoms with Gasteiger partial charge in [0.1, 0.15) is 12.3 Å². The SMILES string of the molecule is CCOC(=O)CC1=NC2N=CC=CC2N1. The highest BCUT2D eigenvalue weighted by atomic mass is 16.5. The van der Waals surface area contributed by atoms with Crippen LogP contribution in [0, 0.1) is 0 Å². The minimum Gasteiger partial charge on any atom is -0.466 e. The molecular formula is C10H13N3O2. The Hall–Kier alpha value is -1.65. The van der Waals surface area contributed by atoms with E-state index in [4.69, 9.17) is 4.74 Å². The van der Waals surface area contributed by atoms with Gasteiger partial charge in [0.05, 0.1) is 12.6 Å². The number of amidine groups is 1. The number of nitrogens with one attached hydrogen (secondary N) is 1. The monoisotopic (exact) mass is 207 g/mol. The third-order valence-electron chi connectivity index (χ3n) is 2.20. The van der Waals surface area contributed by atoms with Gasteiger partial charge in [-0.05, 0) is 13.0 Å². The molecule has 2 unspecified atom stereocenters. The largest absolute Gasteiger partial charge is 0.466 e. The highest BCUT2D eigenvalue weighted by Crippen LogP contribution is 2.13. The van der Waals surface area contributed by atoms with E-state index in [1.54, 1.807) is 13.1 Å².